The third kappa shape index (κ3) is 2.95. The Morgan fingerprint density at radius 2 is 2.12 bits per heavy atom. The van der Waals surface area contributed by atoms with Crippen molar-refractivity contribution in [2.24, 2.45) is 5.73 Å². The average Bonchev–Trinajstić information content (AvgIpc) is 3.00. The van der Waals surface area contributed by atoms with Crippen LogP contribution in [0.1, 0.15) is 0 Å². The third-order valence-electron chi connectivity index (χ3n) is 3.59. The van der Waals surface area contributed by atoms with Crippen molar-refractivity contribution in [2.75, 3.05) is 18.4 Å². The molecule has 124 valence electrons. The van der Waals surface area contributed by atoms with Crippen LogP contribution < -0.4 is 16.6 Å². The number of thiophene rings is 1. The molecule has 0 unspecified atom stereocenters. The van der Waals surface area contributed by atoms with E-state index in [1.165, 1.54) is 28.0 Å². The molecule has 5 nitrogen and oxygen atoms in total. The van der Waals surface area contributed by atoms with Gasteiger partial charge in [0.05, 0.1) is 5.39 Å². The number of allylic oxidation sites excluding steroid dienone is 1. The molecule has 2 heterocycles. The number of halogens is 1. The van der Waals surface area contributed by atoms with Gasteiger partial charge in [-0.1, -0.05) is 18.2 Å². The van der Waals surface area contributed by atoms with Crippen molar-refractivity contribution >= 4 is 27.5 Å². The van der Waals surface area contributed by atoms with Crippen LogP contribution >= 0.6 is 11.3 Å². The maximum Gasteiger partial charge on any atom is 0.264 e. The lowest BCUT2D eigenvalue weighted by atomic mass is 10.1. The summed E-state index contributed by atoms with van der Waals surface area (Å²) in [5, 5.41) is 5.48. The number of nitrogens with two attached hydrogens (primary N) is 1. The molecule has 3 aromatic rings. The van der Waals surface area contributed by atoms with Crippen molar-refractivity contribution in [1.29, 1.82) is 0 Å². The summed E-state index contributed by atoms with van der Waals surface area (Å²) >= 11 is 1.39. The number of hydrogen-bond acceptors (Lipinski definition) is 5. The molecule has 3 rings (SSSR count). The van der Waals surface area contributed by atoms with Crippen LogP contribution in [0.15, 0.2) is 47.1 Å². The van der Waals surface area contributed by atoms with Crippen molar-refractivity contribution in [2.45, 2.75) is 6.54 Å². The fraction of sp³-hybridized carbons (Fsp3) is 0.176. The highest BCUT2D eigenvalue weighted by atomic mass is 32.1. The van der Waals surface area contributed by atoms with E-state index in [1.54, 1.807) is 18.2 Å². The van der Waals surface area contributed by atoms with Gasteiger partial charge in [0.25, 0.3) is 5.56 Å². The number of fused-ring (bicyclic) bond motifs is 1. The summed E-state index contributed by atoms with van der Waals surface area (Å²) in [5.41, 5.74) is 6.91. The zero-order chi connectivity index (χ0) is 17.1. The van der Waals surface area contributed by atoms with Gasteiger partial charge >= 0.3 is 0 Å². The van der Waals surface area contributed by atoms with Crippen molar-refractivity contribution in [1.82, 2.24) is 9.55 Å². The standard InChI is InChI=1S/C17H17FN4OS/c1-2-9-22-16(23)14-13(11-3-5-12(18)6-4-11)10-24-15(14)21-17(22)20-8-7-19/h2-6,10H,1,7-9,19H2,(H,20,21). The van der Waals surface area contributed by atoms with Gasteiger partial charge in [-0.05, 0) is 17.7 Å². The SMILES string of the molecule is C=CCn1c(NCCN)nc2scc(-c3ccc(F)cc3)c2c1=O. The Hall–Kier alpha value is -2.51. The van der Waals surface area contributed by atoms with Crippen molar-refractivity contribution in [3.8, 4) is 11.1 Å². The topological polar surface area (TPSA) is 72.9 Å². The first-order valence-corrected chi connectivity index (χ1v) is 8.36. The molecule has 0 amide bonds. The number of hydrogen-bond donors (Lipinski definition) is 2. The summed E-state index contributed by atoms with van der Waals surface area (Å²) in [7, 11) is 0. The molecule has 0 aliphatic carbocycles. The van der Waals surface area contributed by atoms with Gasteiger partial charge in [-0.2, -0.15) is 0 Å². The van der Waals surface area contributed by atoms with Crippen LogP contribution in [0.25, 0.3) is 21.3 Å². The number of nitrogens with one attached hydrogen (secondary N) is 1. The van der Waals surface area contributed by atoms with Crippen LogP contribution in [0.3, 0.4) is 0 Å². The van der Waals surface area contributed by atoms with Crippen LogP contribution in [-0.4, -0.2) is 22.6 Å². The molecule has 0 aliphatic rings. The molecule has 0 aliphatic heterocycles. The lowest BCUT2D eigenvalue weighted by molar-refractivity contribution is 0.628. The van der Waals surface area contributed by atoms with Gasteiger partial charge < -0.3 is 11.1 Å². The second kappa shape index (κ2) is 6.94. The van der Waals surface area contributed by atoms with E-state index in [9.17, 15) is 9.18 Å². The Labute approximate surface area is 142 Å². The first-order valence-electron chi connectivity index (χ1n) is 7.48. The molecule has 0 radical (unpaired) electrons. The number of benzene rings is 1. The van der Waals surface area contributed by atoms with Crippen LogP contribution in [0.2, 0.25) is 0 Å². The molecule has 0 saturated heterocycles. The van der Waals surface area contributed by atoms with Crippen molar-refractivity contribution in [3.05, 3.63) is 58.5 Å². The Kier molecular flexibility index (Phi) is 4.73. The van der Waals surface area contributed by atoms with Crippen LogP contribution in [0.4, 0.5) is 10.3 Å². The molecular formula is C17H17FN4OS. The molecule has 0 saturated carbocycles. The van der Waals surface area contributed by atoms with Crippen LogP contribution in [0.5, 0.6) is 0 Å². The second-order valence-corrected chi connectivity index (χ2v) is 6.05. The molecule has 0 bridgehead atoms. The molecule has 0 fully saturated rings. The van der Waals surface area contributed by atoms with Crippen molar-refractivity contribution < 1.29 is 4.39 Å². The molecule has 0 spiro atoms. The molecule has 1 aromatic carbocycles. The first-order chi connectivity index (χ1) is 11.7. The Morgan fingerprint density at radius 3 is 2.79 bits per heavy atom. The fourth-order valence-electron chi connectivity index (χ4n) is 2.48. The van der Waals surface area contributed by atoms with E-state index in [0.29, 0.717) is 35.8 Å². The predicted molar refractivity (Wildman–Crippen MR) is 97.0 cm³/mol. The highest BCUT2D eigenvalue weighted by molar-refractivity contribution is 7.17. The first kappa shape index (κ1) is 16.4. The van der Waals surface area contributed by atoms with Gasteiger partial charge in [0, 0.05) is 30.6 Å². The molecule has 7 heteroatoms. The highest BCUT2D eigenvalue weighted by Crippen LogP contribution is 2.31. The van der Waals surface area contributed by atoms with Gasteiger partial charge in [-0.15, -0.1) is 17.9 Å². The van der Waals surface area contributed by atoms with Gasteiger partial charge in [0.2, 0.25) is 5.95 Å². The van der Waals surface area contributed by atoms with E-state index in [0.717, 1.165) is 11.1 Å². The third-order valence-corrected chi connectivity index (χ3v) is 4.46. The van der Waals surface area contributed by atoms with E-state index in [-0.39, 0.29) is 11.4 Å². The lowest BCUT2D eigenvalue weighted by Crippen LogP contribution is -2.26. The Bertz CT molecular complexity index is 930. The van der Waals surface area contributed by atoms with Gasteiger partial charge in [0.1, 0.15) is 10.6 Å². The van der Waals surface area contributed by atoms with Crippen molar-refractivity contribution in [3.63, 3.8) is 0 Å². The van der Waals surface area contributed by atoms with E-state index < -0.39 is 0 Å². The maximum absolute atomic E-state index is 13.2. The monoisotopic (exact) mass is 344 g/mol. The number of anilines is 1. The molecule has 0 atom stereocenters. The number of aromatic nitrogens is 2. The summed E-state index contributed by atoms with van der Waals surface area (Å²) in [6.45, 7) is 5.00. The highest BCUT2D eigenvalue weighted by Gasteiger charge is 2.16. The Morgan fingerprint density at radius 1 is 1.38 bits per heavy atom. The smallest absolute Gasteiger partial charge is 0.264 e. The molecule has 2 aromatic heterocycles. The number of rotatable bonds is 6. The van der Waals surface area contributed by atoms with Crippen LogP contribution in [-0.2, 0) is 6.54 Å². The van der Waals surface area contributed by atoms with Gasteiger partial charge in [-0.3, -0.25) is 9.36 Å². The summed E-state index contributed by atoms with van der Waals surface area (Å²) in [5.74, 6) is 0.166. The van der Waals surface area contributed by atoms with Crippen LogP contribution in [0, 0.1) is 5.82 Å². The van der Waals surface area contributed by atoms with E-state index in [2.05, 4.69) is 16.9 Å². The van der Waals surface area contributed by atoms with E-state index in [1.807, 2.05) is 5.38 Å². The molecule has 24 heavy (non-hydrogen) atoms. The summed E-state index contributed by atoms with van der Waals surface area (Å²) < 4.78 is 14.7. The lowest BCUT2D eigenvalue weighted by Gasteiger charge is -2.12. The van der Waals surface area contributed by atoms with Gasteiger partial charge in [0.15, 0.2) is 0 Å². The predicted octanol–water partition coefficient (Wildman–Crippen LogP) is 2.82. The van der Waals surface area contributed by atoms with E-state index >= 15 is 0 Å². The average molecular weight is 344 g/mol. The minimum Gasteiger partial charge on any atom is -0.354 e. The second-order valence-electron chi connectivity index (χ2n) is 5.19. The zero-order valence-electron chi connectivity index (χ0n) is 13.0. The largest absolute Gasteiger partial charge is 0.354 e. The minimum atomic E-state index is -0.311. The van der Waals surface area contributed by atoms with Gasteiger partial charge in [-0.25, -0.2) is 9.37 Å². The quantitative estimate of drug-likeness (QED) is 0.675. The molecule has 3 N–H and O–H groups in total. The number of nitrogens with zero attached hydrogens (tertiary/aromatic N) is 2. The Balaban J connectivity index is 2.21. The minimum absolute atomic E-state index is 0.153. The molecular weight excluding hydrogens is 327 g/mol. The normalized spacial score (nSPS) is 10.9. The summed E-state index contributed by atoms with van der Waals surface area (Å²) in [4.78, 5) is 18.1. The fourth-order valence-corrected chi connectivity index (χ4v) is 3.42. The summed E-state index contributed by atoms with van der Waals surface area (Å²) in [6.07, 6.45) is 1.65. The maximum atomic E-state index is 13.2. The van der Waals surface area contributed by atoms with E-state index in [4.69, 9.17) is 5.73 Å². The zero-order valence-corrected chi connectivity index (χ0v) is 13.8. The summed E-state index contributed by atoms with van der Waals surface area (Å²) in [6, 6.07) is 6.08.